The third kappa shape index (κ3) is 4.69. The molecule has 112 valence electrons. The summed E-state index contributed by atoms with van der Waals surface area (Å²) in [6, 6.07) is 8.24. The van der Waals surface area contributed by atoms with Gasteiger partial charge in [-0.2, -0.15) is 15.0 Å². The normalized spacial score (nSPS) is 10.5. The molecule has 0 aliphatic rings. The van der Waals surface area contributed by atoms with Crippen molar-refractivity contribution in [2.45, 2.75) is 26.9 Å². The van der Waals surface area contributed by atoms with Gasteiger partial charge in [0.1, 0.15) is 0 Å². The first kappa shape index (κ1) is 15.7. The lowest BCUT2D eigenvalue weighted by Crippen LogP contribution is -2.13. The van der Waals surface area contributed by atoms with E-state index in [2.05, 4.69) is 48.2 Å². The van der Waals surface area contributed by atoms with Crippen LogP contribution in [0.4, 0.5) is 17.6 Å². The molecule has 0 aliphatic heterocycles. The predicted octanol–water partition coefficient (Wildman–Crippen LogP) is 3.44. The predicted molar refractivity (Wildman–Crippen MR) is 92.2 cm³/mol. The van der Waals surface area contributed by atoms with E-state index in [1.807, 2.05) is 45.0 Å². The van der Waals surface area contributed by atoms with Crippen molar-refractivity contribution in [2.24, 2.45) is 0 Å². The number of ether oxygens (including phenoxy) is 1. The largest absolute Gasteiger partial charge is 0.461 e. The Kier molecular flexibility index (Phi) is 5.54. The average molecular weight is 399 g/mol. The van der Waals surface area contributed by atoms with Crippen LogP contribution in [0.1, 0.15) is 20.8 Å². The van der Waals surface area contributed by atoms with E-state index in [9.17, 15) is 0 Å². The van der Waals surface area contributed by atoms with Gasteiger partial charge in [0.15, 0.2) is 0 Å². The third-order valence-corrected chi connectivity index (χ3v) is 3.35. The van der Waals surface area contributed by atoms with Crippen LogP contribution in [-0.4, -0.2) is 27.6 Å². The van der Waals surface area contributed by atoms with E-state index < -0.39 is 0 Å². The molecule has 6 nitrogen and oxygen atoms in total. The van der Waals surface area contributed by atoms with Crippen molar-refractivity contribution < 1.29 is 4.74 Å². The highest BCUT2D eigenvalue weighted by Crippen LogP contribution is 2.21. The molecule has 7 heteroatoms. The molecule has 1 heterocycles. The fourth-order valence-corrected chi connectivity index (χ4v) is 2.12. The number of rotatable bonds is 6. The number of benzene rings is 1. The first-order chi connectivity index (χ1) is 10.1. The molecule has 1 aromatic carbocycles. The Morgan fingerprint density at radius 1 is 1.14 bits per heavy atom. The van der Waals surface area contributed by atoms with Crippen molar-refractivity contribution in [1.29, 1.82) is 0 Å². The molecule has 0 fully saturated rings. The number of nitrogens with zero attached hydrogens (tertiary/aromatic N) is 3. The zero-order chi connectivity index (χ0) is 15.2. The molecular formula is C14H18IN5O. The summed E-state index contributed by atoms with van der Waals surface area (Å²) in [5, 5.41) is 6.27. The molecule has 0 saturated carbocycles. The van der Waals surface area contributed by atoms with Gasteiger partial charge in [0.25, 0.3) is 0 Å². The fourth-order valence-electron chi connectivity index (χ4n) is 1.60. The van der Waals surface area contributed by atoms with Crippen LogP contribution in [0.3, 0.4) is 0 Å². The van der Waals surface area contributed by atoms with Crippen LogP contribution in [0.5, 0.6) is 6.01 Å². The summed E-state index contributed by atoms with van der Waals surface area (Å²) in [4.78, 5) is 12.9. The minimum Gasteiger partial charge on any atom is -0.461 e. The summed E-state index contributed by atoms with van der Waals surface area (Å²) in [6.07, 6.45) is 0.00610. The van der Waals surface area contributed by atoms with E-state index in [1.165, 1.54) is 0 Å². The van der Waals surface area contributed by atoms with Crippen LogP contribution < -0.4 is 15.4 Å². The molecule has 0 atom stereocenters. The van der Waals surface area contributed by atoms with Gasteiger partial charge in [0.05, 0.1) is 11.8 Å². The molecule has 2 N–H and O–H groups in total. The lowest BCUT2D eigenvalue weighted by Gasteiger charge is -2.12. The molecule has 21 heavy (non-hydrogen) atoms. The van der Waals surface area contributed by atoms with E-state index in [1.54, 1.807) is 0 Å². The first-order valence-electron chi connectivity index (χ1n) is 6.76. The SMILES string of the molecule is CCNc1nc(Nc2ccccc2I)nc(OC(C)C)n1. The van der Waals surface area contributed by atoms with Crippen LogP contribution >= 0.6 is 22.6 Å². The van der Waals surface area contributed by atoms with E-state index in [-0.39, 0.29) is 6.10 Å². The van der Waals surface area contributed by atoms with Gasteiger partial charge in [-0.3, -0.25) is 0 Å². The average Bonchev–Trinajstić information content (AvgIpc) is 2.41. The van der Waals surface area contributed by atoms with Gasteiger partial charge >= 0.3 is 6.01 Å². The molecule has 0 aliphatic carbocycles. The minimum atomic E-state index is 0.00610. The van der Waals surface area contributed by atoms with Crippen molar-refractivity contribution >= 4 is 40.2 Å². The quantitative estimate of drug-likeness (QED) is 0.726. The van der Waals surface area contributed by atoms with E-state index in [0.29, 0.717) is 17.9 Å². The lowest BCUT2D eigenvalue weighted by atomic mass is 10.3. The zero-order valence-corrected chi connectivity index (χ0v) is 14.4. The summed E-state index contributed by atoms with van der Waals surface area (Å²) in [5.74, 6) is 0.956. The standard InChI is InChI=1S/C14H18IN5O/c1-4-16-12-18-13(20-14(19-12)21-9(2)3)17-11-8-6-5-7-10(11)15/h5-9H,4H2,1-3H3,(H2,16,17,18,19,20). The van der Waals surface area contributed by atoms with E-state index in [4.69, 9.17) is 4.74 Å². The molecular weight excluding hydrogens is 381 g/mol. The molecule has 0 saturated heterocycles. The minimum absolute atomic E-state index is 0.00610. The van der Waals surface area contributed by atoms with Crippen LogP contribution in [0, 0.1) is 3.57 Å². The summed E-state index contributed by atoms with van der Waals surface area (Å²) >= 11 is 2.26. The Balaban J connectivity index is 2.29. The van der Waals surface area contributed by atoms with Gasteiger partial charge in [0, 0.05) is 10.1 Å². The number of nitrogens with one attached hydrogen (secondary N) is 2. The molecule has 0 bridgehead atoms. The van der Waals surface area contributed by atoms with Crippen molar-refractivity contribution in [3.05, 3.63) is 27.8 Å². The van der Waals surface area contributed by atoms with Gasteiger partial charge in [-0.15, -0.1) is 0 Å². The Hall–Kier alpha value is -1.64. The number of hydrogen-bond donors (Lipinski definition) is 2. The van der Waals surface area contributed by atoms with Gasteiger partial charge in [-0.05, 0) is 55.5 Å². The van der Waals surface area contributed by atoms with E-state index >= 15 is 0 Å². The van der Waals surface area contributed by atoms with Crippen LogP contribution in [-0.2, 0) is 0 Å². The molecule has 0 amide bonds. The van der Waals surface area contributed by atoms with Crippen LogP contribution in [0.15, 0.2) is 24.3 Å². The molecule has 2 aromatic rings. The molecule has 0 spiro atoms. The summed E-state index contributed by atoms with van der Waals surface area (Å²) in [6.45, 7) is 6.58. The van der Waals surface area contributed by atoms with E-state index in [0.717, 1.165) is 15.8 Å². The second-order valence-electron chi connectivity index (χ2n) is 4.57. The van der Waals surface area contributed by atoms with Gasteiger partial charge < -0.3 is 15.4 Å². The Labute approximate surface area is 137 Å². The first-order valence-corrected chi connectivity index (χ1v) is 7.84. The molecule has 1 aromatic heterocycles. The second kappa shape index (κ2) is 7.39. The van der Waals surface area contributed by atoms with Gasteiger partial charge in [-0.1, -0.05) is 12.1 Å². The lowest BCUT2D eigenvalue weighted by molar-refractivity contribution is 0.222. The fraction of sp³-hybridized carbons (Fsp3) is 0.357. The summed E-state index contributed by atoms with van der Waals surface area (Å²) in [5.41, 5.74) is 0.947. The third-order valence-electron chi connectivity index (χ3n) is 2.41. The highest BCUT2D eigenvalue weighted by Gasteiger charge is 2.09. The van der Waals surface area contributed by atoms with Gasteiger partial charge in [0.2, 0.25) is 11.9 Å². The summed E-state index contributed by atoms with van der Waals surface area (Å²) in [7, 11) is 0. The summed E-state index contributed by atoms with van der Waals surface area (Å²) < 4.78 is 6.66. The number of hydrogen-bond acceptors (Lipinski definition) is 6. The molecule has 2 rings (SSSR count). The van der Waals surface area contributed by atoms with Crippen molar-refractivity contribution in [3.8, 4) is 6.01 Å². The topological polar surface area (TPSA) is 72.0 Å². The number of halogens is 1. The maximum atomic E-state index is 5.57. The van der Waals surface area contributed by atoms with Crippen molar-refractivity contribution in [3.63, 3.8) is 0 Å². The number of aromatic nitrogens is 3. The zero-order valence-electron chi connectivity index (χ0n) is 12.2. The highest BCUT2D eigenvalue weighted by molar-refractivity contribution is 14.1. The van der Waals surface area contributed by atoms with Crippen molar-refractivity contribution in [2.75, 3.05) is 17.2 Å². The number of para-hydroxylation sites is 1. The number of anilines is 3. The monoisotopic (exact) mass is 399 g/mol. The molecule has 0 unspecified atom stereocenters. The Bertz CT molecular complexity index is 606. The van der Waals surface area contributed by atoms with Gasteiger partial charge in [-0.25, -0.2) is 0 Å². The molecule has 0 radical (unpaired) electrons. The van der Waals surface area contributed by atoms with Crippen LogP contribution in [0.25, 0.3) is 0 Å². The maximum Gasteiger partial charge on any atom is 0.323 e. The Morgan fingerprint density at radius 2 is 1.86 bits per heavy atom. The highest BCUT2D eigenvalue weighted by atomic mass is 127. The second-order valence-corrected chi connectivity index (χ2v) is 5.73. The van der Waals surface area contributed by atoms with Crippen LogP contribution in [0.2, 0.25) is 0 Å². The van der Waals surface area contributed by atoms with Crippen molar-refractivity contribution in [1.82, 2.24) is 15.0 Å². The maximum absolute atomic E-state index is 5.57. The Morgan fingerprint density at radius 3 is 2.52 bits per heavy atom. The smallest absolute Gasteiger partial charge is 0.323 e.